The molecule has 0 N–H and O–H groups in total. The molecule has 2 rings (SSSR count). The van der Waals surface area contributed by atoms with E-state index in [9.17, 15) is 0 Å². The van der Waals surface area contributed by atoms with E-state index in [1.165, 1.54) is 12.8 Å². The van der Waals surface area contributed by atoms with Crippen LogP contribution >= 0.6 is 0 Å². The molecule has 0 aromatic heterocycles. The van der Waals surface area contributed by atoms with Gasteiger partial charge in [-0.3, -0.25) is 0 Å². The van der Waals surface area contributed by atoms with Crippen molar-refractivity contribution in [2.75, 3.05) is 0 Å². The fourth-order valence-corrected chi connectivity index (χ4v) is 2.38. The zero-order chi connectivity index (χ0) is 6.43. The molecule has 0 nitrogen and oxygen atoms in total. The summed E-state index contributed by atoms with van der Waals surface area (Å²) in [5.74, 6) is 2.94. The SMILES string of the molecule is CC1=C[C@H](C)C2CCC12. The highest BCUT2D eigenvalue weighted by atomic mass is 14.4. The summed E-state index contributed by atoms with van der Waals surface area (Å²) in [5, 5.41) is 0. The molecule has 50 valence electrons. The molecule has 0 heteroatoms. The second-order valence-electron chi connectivity index (χ2n) is 3.62. The standard InChI is InChI=1S/C9H14/c1-6-5-7(2)9-4-3-8(6)9/h5-6,8-9H,3-4H2,1-2H3/t6-,8?,9?/m0/s1. The molecule has 0 spiro atoms. The lowest BCUT2D eigenvalue weighted by molar-refractivity contribution is 0.194. The van der Waals surface area contributed by atoms with Crippen molar-refractivity contribution in [3.05, 3.63) is 11.6 Å². The Kier molecular flexibility index (Phi) is 0.992. The van der Waals surface area contributed by atoms with Crippen LogP contribution in [0.2, 0.25) is 0 Å². The van der Waals surface area contributed by atoms with Crippen LogP contribution in [0.1, 0.15) is 26.7 Å². The van der Waals surface area contributed by atoms with Crippen molar-refractivity contribution in [2.45, 2.75) is 26.7 Å². The average molecular weight is 122 g/mol. The van der Waals surface area contributed by atoms with E-state index in [2.05, 4.69) is 19.9 Å². The van der Waals surface area contributed by atoms with Crippen LogP contribution in [0.3, 0.4) is 0 Å². The van der Waals surface area contributed by atoms with E-state index in [-0.39, 0.29) is 0 Å². The second kappa shape index (κ2) is 1.62. The van der Waals surface area contributed by atoms with E-state index in [1.54, 1.807) is 5.57 Å². The van der Waals surface area contributed by atoms with Gasteiger partial charge in [0, 0.05) is 0 Å². The third-order valence-corrected chi connectivity index (χ3v) is 3.11. The van der Waals surface area contributed by atoms with Crippen LogP contribution in [0.4, 0.5) is 0 Å². The van der Waals surface area contributed by atoms with Gasteiger partial charge in [-0.1, -0.05) is 18.6 Å². The van der Waals surface area contributed by atoms with Gasteiger partial charge in [0.25, 0.3) is 0 Å². The molecule has 0 aromatic rings. The Morgan fingerprint density at radius 3 is 2.44 bits per heavy atom. The molecule has 2 unspecified atom stereocenters. The minimum absolute atomic E-state index is 0.892. The molecule has 2 aliphatic rings. The van der Waals surface area contributed by atoms with Gasteiger partial charge in [-0.25, -0.2) is 0 Å². The lowest BCUT2D eigenvalue weighted by Crippen LogP contribution is -2.25. The van der Waals surface area contributed by atoms with Crippen molar-refractivity contribution in [1.29, 1.82) is 0 Å². The Balaban J connectivity index is 2.20. The first-order valence-corrected chi connectivity index (χ1v) is 3.97. The van der Waals surface area contributed by atoms with E-state index < -0.39 is 0 Å². The zero-order valence-corrected chi connectivity index (χ0v) is 6.22. The Hall–Kier alpha value is -0.260. The van der Waals surface area contributed by atoms with Gasteiger partial charge in [0.2, 0.25) is 0 Å². The molecule has 0 aromatic carbocycles. The van der Waals surface area contributed by atoms with Gasteiger partial charge < -0.3 is 0 Å². The molecule has 0 radical (unpaired) electrons. The summed E-state index contributed by atoms with van der Waals surface area (Å²) in [6.45, 7) is 4.65. The van der Waals surface area contributed by atoms with Gasteiger partial charge in [0.1, 0.15) is 0 Å². The summed E-state index contributed by atoms with van der Waals surface area (Å²) in [7, 11) is 0. The summed E-state index contributed by atoms with van der Waals surface area (Å²) in [6.07, 6.45) is 5.42. The minimum atomic E-state index is 0.892. The molecule has 1 saturated carbocycles. The van der Waals surface area contributed by atoms with Crippen LogP contribution in [0, 0.1) is 17.8 Å². The monoisotopic (exact) mass is 122 g/mol. The smallest absolute Gasteiger partial charge is 0.0172 e. The molecule has 0 bridgehead atoms. The molecule has 0 heterocycles. The van der Waals surface area contributed by atoms with Gasteiger partial charge in [0.15, 0.2) is 0 Å². The fourth-order valence-electron chi connectivity index (χ4n) is 2.38. The van der Waals surface area contributed by atoms with E-state index >= 15 is 0 Å². The number of hydrogen-bond acceptors (Lipinski definition) is 0. The third-order valence-electron chi connectivity index (χ3n) is 3.11. The van der Waals surface area contributed by atoms with E-state index in [0.717, 1.165) is 17.8 Å². The third kappa shape index (κ3) is 0.593. The van der Waals surface area contributed by atoms with Crippen LogP contribution in [-0.2, 0) is 0 Å². The first kappa shape index (κ1) is 5.52. The van der Waals surface area contributed by atoms with Crippen molar-refractivity contribution >= 4 is 0 Å². The molecule has 0 amide bonds. The van der Waals surface area contributed by atoms with Crippen molar-refractivity contribution in [3.63, 3.8) is 0 Å². The Labute approximate surface area is 57.0 Å². The predicted octanol–water partition coefficient (Wildman–Crippen LogP) is 2.61. The number of rotatable bonds is 0. The molecule has 1 fully saturated rings. The van der Waals surface area contributed by atoms with Crippen LogP contribution in [0.15, 0.2) is 11.6 Å². The Morgan fingerprint density at radius 2 is 2.22 bits per heavy atom. The Morgan fingerprint density at radius 1 is 1.44 bits per heavy atom. The summed E-state index contributed by atoms with van der Waals surface area (Å²) < 4.78 is 0. The van der Waals surface area contributed by atoms with Crippen LogP contribution < -0.4 is 0 Å². The fraction of sp³-hybridized carbons (Fsp3) is 0.778. The minimum Gasteiger partial charge on any atom is -0.0822 e. The van der Waals surface area contributed by atoms with E-state index in [1.807, 2.05) is 0 Å². The van der Waals surface area contributed by atoms with Gasteiger partial charge in [-0.2, -0.15) is 0 Å². The molecular formula is C9H14. The summed E-state index contributed by atoms with van der Waals surface area (Å²) in [5.41, 5.74) is 1.67. The maximum absolute atomic E-state index is 2.46. The summed E-state index contributed by atoms with van der Waals surface area (Å²) in [4.78, 5) is 0. The maximum atomic E-state index is 2.46. The van der Waals surface area contributed by atoms with Crippen LogP contribution in [0.5, 0.6) is 0 Å². The van der Waals surface area contributed by atoms with Crippen molar-refractivity contribution in [1.82, 2.24) is 0 Å². The molecule has 0 saturated heterocycles. The molecule has 2 aliphatic carbocycles. The highest BCUT2D eigenvalue weighted by molar-refractivity contribution is 5.19. The number of hydrogen-bond donors (Lipinski definition) is 0. The van der Waals surface area contributed by atoms with Crippen molar-refractivity contribution in [3.8, 4) is 0 Å². The zero-order valence-electron chi connectivity index (χ0n) is 6.22. The maximum Gasteiger partial charge on any atom is -0.0172 e. The second-order valence-corrected chi connectivity index (χ2v) is 3.62. The van der Waals surface area contributed by atoms with Crippen molar-refractivity contribution < 1.29 is 0 Å². The quantitative estimate of drug-likeness (QED) is 0.433. The summed E-state index contributed by atoms with van der Waals surface area (Å²) in [6, 6.07) is 0. The first-order valence-electron chi connectivity index (χ1n) is 3.97. The van der Waals surface area contributed by atoms with Crippen LogP contribution in [-0.4, -0.2) is 0 Å². The van der Waals surface area contributed by atoms with Gasteiger partial charge in [-0.05, 0) is 37.5 Å². The molecule has 3 atom stereocenters. The predicted molar refractivity (Wildman–Crippen MR) is 39.1 cm³/mol. The lowest BCUT2D eigenvalue weighted by atomic mass is 9.70. The molecule has 9 heavy (non-hydrogen) atoms. The summed E-state index contributed by atoms with van der Waals surface area (Å²) >= 11 is 0. The van der Waals surface area contributed by atoms with E-state index in [4.69, 9.17) is 0 Å². The average Bonchev–Trinajstić information content (AvgIpc) is 1.73. The van der Waals surface area contributed by atoms with E-state index in [0.29, 0.717) is 0 Å². The molecule has 0 aliphatic heterocycles. The number of allylic oxidation sites excluding steroid dienone is 2. The number of fused-ring (bicyclic) bond motifs is 1. The van der Waals surface area contributed by atoms with Crippen molar-refractivity contribution in [2.24, 2.45) is 17.8 Å². The Bertz CT molecular complexity index is 155. The lowest BCUT2D eigenvalue weighted by Gasteiger charge is -2.34. The highest BCUT2D eigenvalue weighted by Crippen LogP contribution is 2.49. The first-order chi connectivity index (χ1) is 4.29. The van der Waals surface area contributed by atoms with Gasteiger partial charge >= 0.3 is 0 Å². The van der Waals surface area contributed by atoms with Gasteiger partial charge in [0.05, 0.1) is 0 Å². The highest BCUT2D eigenvalue weighted by Gasteiger charge is 2.39. The van der Waals surface area contributed by atoms with Gasteiger partial charge in [-0.15, -0.1) is 0 Å². The largest absolute Gasteiger partial charge is 0.0822 e. The topological polar surface area (TPSA) is 0 Å². The molecular weight excluding hydrogens is 108 g/mol. The van der Waals surface area contributed by atoms with Crippen LogP contribution in [0.25, 0.3) is 0 Å². The normalized spacial score (nSPS) is 47.8.